The van der Waals surface area contributed by atoms with Crippen molar-refractivity contribution in [2.24, 2.45) is 23.5 Å². The van der Waals surface area contributed by atoms with E-state index in [4.69, 9.17) is 10.8 Å². The molecule has 0 radical (unpaired) electrons. The lowest BCUT2D eigenvalue weighted by atomic mass is 9.86. The average molecular weight is 228 g/mol. The first-order chi connectivity index (χ1) is 7.34. The van der Waals surface area contributed by atoms with Crippen LogP contribution >= 0.6 is 0 Å². The highest BCUT2D eigenvalue weighted by atomic mass is 16.4. The summed E-state index contributed by atoms with van der Waals surface area (Å²) in [6.45, 7) is 6.52. The highest BCUT2D eigenvalue weighted by Crippen LogP contribution is 2.25. The molecule has 2 unspecified atom stereocenters. The third kappa shape index (κ3) is 2.52. The van der Waals surface area contributed by atoms with E-state index in [2.05, 4.69) is 0 Å². The zero-order valence-corrected chi connectivity index (χ0v) is 10.0. The zero-order chi connectivity index (χ0) is 12.5. The molecule has 5 nitrogen and oxygen atoms in total. The number of carboxylic acids is 1. The molecule has 1 rings (SSSR count). The Labute approximate surface area is 95.6 Å². The topological polar surface area (TPSA) is 83.6 Å². The molecule has 1 aliphatic rings. The van der Waals surface area contributed by atoms with Gasteiger partial charge in [0.2, 0.25) is 5.91 Å². The van der Waals surface area contributed by atoms with Gasteiger partial charge in [-0.2, -0.15) is 0 Å². The Morgan fingerprint density at radius 3 is 2.19 bits per heavy atom. The molecule has 0 aromatic carbocycles. The van der Waals surface area contributed by atoms with Gasteiger partial charge in [0.15, 0.2) is 0 Å². The van der Waals surface area contributed by atoms with Crippen LogP contribution in [0.5, 0.6) is 0 Å². The zero-order valence-electron chi connectivity index (χ0n) is 10.0. The summed E-state index contributed by atoms with van der Waals surface area (Å²) in [5.74, 6) is -1.07. The number of aliphatic carboxylic acids is 1. The standard InChI is InChI=1S/C11H20N2O3/c1-6(2)9(12)10(14)13-4-8(5-13)7(3)11(15)16/h6-9H,4-5,12H2,1-3H3,(H,15,16). The molecule has 0 spiro atoms. The summed E-state index contributed by atoms with van der Waals surface area (Å²) < 4.78 is 0. The fourth-order valence-electron chi connectivity index (χ4n) is 1.71. The largest absolute Gasteiger partial charge is 0.481 e. The number of likely N-dealkylation sites (tertiary alicyclic amines) is 1. The van der Waals surface area contributed by atoms with Gasteiger partial charge in [-0.25, -0.2) is 0 Å². The minimum absolute atomic E-state index is 0.0659. The molecule has 1 saturated heterocycles. The normalized spacial score (nSPS) is 20.4. The number of hydrogen-bond acceptors (Lipinski definition) is 3. The lowest BCUT2D eigenvalue weighted by Gasteiger charge is -2.42. The molecule has 1 amide bonds. The van der Waals surface area contributed by atoms with Gasteiger partial charge in [0.05, 0.1) is 12.0 Å². The summed E-state index contributed by atoms with van der Waals surface area (Å²) in [5.41, 5.74) is 5.74. The van der Waals surface area contributed by atoms with Gasteiger partial charge < -0.3 is 15.7 Å². The Kier molecular flexibility index (Phi) is 3.91. The van der Waals surface area contributed by atoms with E-state index in [-0.39, 0.29) is 23.7 Å². The molecule has 2 atom stereocenters. The van der Waals surface area contributed by atoms with Crippen LogP contribution in [0.3, 0.4) is 0 Å². The molecule has 0 aromatic heterocycles. The van der Waals surface area contributed by atoms with Crippen molar-refractivity contribution in [2.75, 3.05) is 13.1 Å². The SMILES string of the molecule is CC(C)C(N)C(=O)N1CC(C(C)C(=O)O)C1. The molecule has 0 saturated carbocycles. The predicted molar refractivity (Wildman–Crippen MR) is 59.7 cm³/mol. The second kappa shape index (κ2) is 4.82. The van der Waals surface area contributed by atoms with Crippen molar-refractivity contribution in [3.8, 4) is 0 Å². The van der Waals surface area contributed by atoms with E-state index in [9.17, 15) is 9.59 Å². The Morgan fingerprint density at radius 2 is 1.81 bits per heavy atom. The van der Waals surface area contributed by atoms with E-state index < -0.39 is 12.0 Å². The van der Waals surface area contributed by atoms with Crippen molar-refractivity contribution in [1.29, 1.82) is 0 Å². The van der Waals surface area contributed by atoms with Gasteiger partial charge in [-0.15, -0.1) is 0 Å². The third-order valence-corrected chi connectivity index (χ3v) is 3.32. The van der Waals surface area contributed by atoms with Crippen LogP contribution in [0.15, 0.2) is 0 Å². The van der Waals surface area contributed by atoms with E-state index in [1.807, 2.05) is 13.8 Å². The van der Waals surface area contributed by atoms with E-state index in [0.29, 0.717) is 13.1 Å². The van der Waals surface area contributed by atoms with Crippen LogP contribution in [-0.2, 0) is 9.59 Å². The molecule has 1 fully saturated rings. The first-order valence-electron chi connectivity index (χ1n) is 5.61. The predicted octanol–water partition coefficient (Wildman–Crippen LogP) is 0.149. The summed E-state index contributed by atoms with van der Waals surface area (Å²) in [7, 11) is 0. The minimum Gasteiger partial charge on any atom is -0.481 e. The van der Waals surface area contributed by atoms with E-state index in [1.165, 1.54) is 0 Å². The van der Waals surface area contributed by atoms with Crippen LogP contribution in [0.4, 0.5) is 0 Å². The van der Waals surface area contributed by atoms with Crippen molar-refractivity contribution in [3.63, 3.8) is 0 Å². The Morgan fingerprint density at radius 1 is 1.31 bits per heavy atom. The maximum absolute atomic E-state index is 11.8. The summed E-state index contributed by atoms with van der Waals surface area (Å²) in [4.78, 5) is 24.1. The maximum Gasteiger partial charge on any atom is 0.306 e. The van der Waals surface area contributed by atoms with Crippen LogP contribution in [0.1, 0.15) is 20.8 Å². The summed E-state index contributed by atoms with van der Waals surface area (Å²) >= 11 is 0. The monoisotopic (exact) mass is 228 g/mol. The molecule has 92 valence electrons. The highest BCUT2D eigenvalue weighted by molar-refractivity contribution is 5.83. The van der Waals surface area contributed by atoms with Crippen LogP contribution in [-0.4, -0.2) is 41.0 Å². The molecule has 1 heterocycles. The molecule has 1 aliphatic heterocycles. The molecule has 0 aromatic rings. The van der Waals surface area contributed by atoms with Gasteiger partial charge in [-0.3, -0.25) is 9.59 Å². The quantitative estimate of drug-likeness (QED) is 0.717. The minimum atomic E-state index is -0.801. The van der Waals surface area contributed by atoms with Crippen molar-refractivity contribution in [3.05, 3.63) is 0 Å². The molecule has 16 heavy (non-hydrogen) atoms. The number of amides is 1. The van der Waals surface area contributed by atoms with Gasteiger partial charge in [-0.05, 0) is 5.92 Å². The number of nitrogens with two attached hydrogens (primary N) is 1. The van der Waals surface area contributed by atoms with Crippen LogP contribution < -0.4 is 5.73 Å². The van der Waals surface area contributed by atoms with Gasteiger partial charge in [0.25, 0.3) is 0 Å². The Bertz CT molecular complexity index is 285. The molecular formula is C11H20N2O3. The highest BCUT2D eigenvalue weighted by Gasteiger charge is 2.38. The fraction of sp³-hybridized carbons (Fsp3) is 0.818. The van der Waals surface area contributed by atoms with E-state index >= 15 is 0 Å². The first kappa shape index (κ1) is 13.0. The number of rotatable bonds is 4. The molecule has 5 heteroatoms. The smallest absolute Gasteiger partial charge is 0.306 e. The third-order valence-electron chi connectivity index (χ3n) is 3.32. The van der Waals surface area contributed by atoms with Gasteiger partial charge in [0.1, 0.15) is 0 Å². The Balaban J connectivity index is 2.41. The number of hydrogen-bond donors (Lipinski definition) is 2. The molecular weight excluding hydrogens is 208 g/mol. The lowest BCUT2D eigenvalue weighted by molar-refractivity contribution is -0.151. The number of nitrogens with zero attached hydrogens (tertiary/aromatic N) is 1. The van der Waals surface area contributed by atoms with Crippen molar-refractivity contribution >= 4 is 11.9 Å². The summed E-state index contributed by atoms with van der Waals surface area (Å²) in [6, 6.07) is -0.471. The first-order valence-corrected chi connectivity index (χ1v) is 5.61. The number of carboxylic acid groups (broad SMARTS) is 1. The van der Waals surface area contributed by atoms with Crippen molar-refractivity contribution in [1.82, 2.24) is 4.90 Å². The van der Waals surface area contributed by atoms with Crippen molar-refractivity contribution < 1.29 is 14.7 Å². The summed E-state index contributed by atoms with van der Waals surface area (Å²) in [6.07, 6.45) is 0. The average Bonchev–Trinajstić information content (AvgIpc) is 2.13. The second-order valence-electron chi connectivity index (χ2n) is 4.90. The van der Waals surface area contributed by atoms with Crippen LogP contribution in [0.25, 0.3) is 0 Å². The number of carbonyl (C=O) groups is 2. The van der Waals surface area contributed by atoms with E-state index in [0.717, 1.165) is 0 Å². The van der Waals surface area contributed by atoms with Crippen molar-refractivity contribution in [2.45, 2.75) is 26.8 Å². The van der Waals surface area contributed by atoms with Gasteiger partial charge in [0, 0.05) is 19.0 Å². The van der Waals surface area contributed by atoms with Gasteiger partial charge in [-0.1, -0.05) is 20.8 Å². The lowest BCUT2D eigenvalue weighted by Crippen LogP contribution is -2.58. The molecule has 0 aliphatic carbocycles. The van der Waals surface area contributed by atoms with Crippen LogP contribution in [0.2, 0.25) is 0 Å². The molecule has 0 bridgehead atoms. The number of carbonyl (C=O) groups excluding carboxylic acids is 1. The maximum atomic E-state index is 11.8. The molecule has 3 N–H and O–H groups in total. The summed E-state index contributed by atoms with van der Waals surface area (Å²) in [5, 5.41) is 8.81. The van der Waals surface area contributed by atoms with Gasteiger partial charge >= 0.3 is 5.97 Å². The van der Waals surface area contributed by atoms with Crippen LogP contribution in [0, 0.1) is 17.8 Å². The Hall–Kier alpha value is -1.10. The fourth-order valence-corrected chi connectivity index (χ4v) is 1.71. The van der Waals surface area contributed by atoms with E-state index in [1.54, 1.807) is 11.8 Å². The second-order valence-corrected chi connectivity index (χ2v) is 4.90.